The molecule has 1 aromatic heterocycles. The van der Waals surface area contributed by atoms with Gasteiger partial charge in [-0.2, -0.15) is 4.55 Å². The number of carbonyl (C=O) groups is 5. The van der Waals surface area contributed by atoms with Gasteiger partial charge in [-0.05, 0) is 67.1 Å². The summed E-state index contributed by atoms with van der Waals surface area (Å²) in [6.45, 7) is 14.2. The van der Waals surface area contributed by atoms with Crippen LogP contribution in [0.15, 0.2) is 16.3 Å². The molecule has 300 valence electrons. The van der Waals surface area contributed by atoms with E-state index >= 15 is 0 Å². The zero-order chi connectivity index (χ0) is 39.7. The first kappa shape index (κ1) is 44.6. The molecule has 2 aliphatic rings. The summed E-state index contributed by atoms with van der Waals surface area (Å²) in [6, 6.07) is -1.52. The Balaban J connectivity index is 1.85. The number of ketones is 1. The number of amides is 5. The molecule has 0 bridgehead atoms. The monoisotopic (exact) mass is 780 g/mol. The summed E-state index contributed by atoms with van der Waals surface area (Å²) in [4.78, 5) is 70.7. The Hall–Kier alpha value is -2.84. The normalized spacial score (nSPS) is 21.6. The second-order valence-corrected chi connectivity index (χ2v) is 19.9. The highest BCUT2D eigenvalue weighted by atomic mass is 32.3. The predicted octanol–water partition coefficient (Wildman–Crippen LogP) is 5.95. The van der Waals surface area contributed by atoms with Crippen molar-refractivity contribution in [3.63, 3.8) is 0 Å². The van der Waals surface area contributed by atoms with Gasteiger partial charge in [0.15, 0.2) is 0 Å². The van der Waals surface area contributed by atoms with E-state index in [4.69, 9.17) is 0 Å². The first-order valence-corrected chi connectivity index (χ1v) is 22.3. The number of thiophene rings is 1. The number of likely N-dealkylation sites (tertiary alicyclic amines) is 1. The van der Waals surface area contributed by atoms with E-state index in [1.54, 1.807) is 11.0 Å². The predicted molar refractivity (Wildman–Crippen MR) is 211 cm³/mol. The quantitative estimate of drug-likeness (QED) is 0.0960. The topological polar surface area (TPSA) is 174 Å². The van der Waals surface area contributed by atoms with Gasteiger partial charge in [0.05, 0.1) is 10.9 Å². The van der Waals surface area contributed by atoms with Crippen LogP contribution in [0.4, 0.5) is 4.79 Å². The highest BCUT2D eigenvalue weighted by Crippen LogP contribution is 2.38. The Kier molecular flexibility index (Phi) is 16.1. The molecular formula is C39H66N5O7S2+. The van der Waals surface area contributed by atoms with E-state index in [9.17, 15) is 32.7 Å². The van der Waals surface area contributed by atoms with Gasteiger partial charge in [0.1, 0.15) is 18.3 Å². The van der Waals surface area contributed by atoms with Crippen LogP contribution in [0.3, 0.4) is 0 Å². The van der Waals surface area contributed by atoms with Crippen molar-refractivity contribution in [2.24, 2.45) is 23.2 Å². The Morgan fingerprint density at radius 3 is 2.28 bits per heavy atom. The van der Waals surface area contributed by atoms with Crippen LogP contribution in [0.1, 0.15) is 124 Å². The maximum Gasteiger partial charge on any atom is 0.315 e. The average Bonchev–Trinajstić information content (AvgIpc) is 3.76. The third-order valence-electron chi connectivity index (χ3n) is 11.2. The number of carbonyl (C=O) groups excluding carboxylic acids is 5. The SMILES string of the molecule is CCCCC(NC(=O)[C@@H]1C[C@@H](C(C)C)CN1C(=O)[C@@H](NC(=O)NC1(CC(CC)Cc2sccc2[S+](C)(=O)O)CCCCC1)C(C)(C)C)C(=O)C(=O)NC. The fraction of sp³-hybridized carbons (Fsp3) is 0.769. The molecule has 0 spiro atoms. The maximum absolute atomic E-state index is 14.6. The van der Waals surface area contributed by atoms with E-state index in [-0.39, 0.29) is 23.7 Å². The van der Waals surface area contributed by atoms with Crippen LogP contribution >= 0.6 is 11.3 Å². The first-order chi connectivity index (χ1) is 24.8. The molecule has 53 heavy (non-hydrogen) atoms. The highest BCUT2D eigenvalue weighted by Gasteiger charge is 2.47. The lowest BCUT2D eigenvalue weighted by molar-refractivity contribution is -0.143. The lowest BCUT2D eigenvalue weighted by Gasteiger charge is -2.42. The van der Waals surface area contributed by atoms with Crippen molar-refractivity contribution in [2.45, 2.75) is 154 Å². The van der Waals surface area contributed by atoms with Gasteiger partial charge < -0.3 is 26.2 Å². The van der Waals surface area contributed by atoms with Gasteiger partial charge >= 0.3 is 6.03 Å². The molecule has 2 fully saturated rings. The van der Waals surface area contributed by atoms with Crippen LogP contribution in [-0.4, -0.2) is 82.5 Å². The van der Waals surface area contributed by atoms with Crippen LogP contribution < -0.4 is 21.3 Å². The Morgan fingerprint density at radius 1 is 1.08 bits per heavy atom. The molecule has 0 aromatic carbocycles. The summed E-state index contributed by atoms with van der Waals surface area (Å²) in [7, 11) is -1.73. The molecule has 1 aliphatic carbocycles. The smallest absolute Gasteiger partial charge is 0.315 e. The zero-order valence-corrected chi connectivity index (χ0v) is 35.1. The molecule has 12 nitrogen and oxygen atoms in total. The van der Waals surface area contributed by atoms with Crippen molar-refractivity contribution < 1.29 is 32.7 Å². The molecule has 3 rings (SSSR count). The van der Waals surface area contributed by atoms with Gasteiger partial charge in [-0.3, -0.25) is 19.2 Å². The summed E-state index contributed by atoms with van der Waals surface area (Å²) in [5, 5.41) is 13.4. The minimum absolute atomic E-state index is 0.0279. The minimum atomic E-state index is -3.10. The number of unbranched alkanes of at least 4 members (excludes halogenated alkanes) is 1. The molecule has 2 heterocycles. The summed E-state index contributed by atoms with van der Waals surface area (Å²) in [5.41, 5.74) is -1.20. The average molecular weight is 781 g/mol. The summed E-state index contributed by atoms with van der Waals surface area (Å²) >= 11 is 1.49. The number of likely N-dealkylation sites (N-methyl/N-ethyl adjacent to an activating group) is 1. The summed E-state index contributed by atoms with van der Waals surface area (Å²) in [6.07, 6.45) is 10.3. The van der Waals surface area contributed by atoms with Crippen molar-refractivity contribution in [2.75, 3.05) is 19.8 Å². The van der Waals surface area contributed by atoms with Gasteiger partial charge in [0.2, 0.25) is 32.7 Å². The first-order valence-electron chi connectivity index (χ1n) is 19.5. The molecule has 1 aliphatic heterocycles. The van der Waals surface area contributed by atoms with E-state index in [1.807, 2.05) is 33.1 Å². The number of urea groups is 1. The van der Waals surface area contributed by atoms with E-state index in [1.165, 1.54) is 24.6 Å². The number of nitrogens with zero attached hydrogens (tertiary/aromatic N) is 1. The van der Waals surface area contributed by atoms with Crippen LogP contribution in [0.25, 0.3) is 0 Å². The molecule has 6 atom stereocenters. The fourth-order valence-corrected chi connectivity index (χ4v) is 10.3. The number of Topliss-reactive ketones (excluding diaryl/α,β-unsaturated/α-hetero) is 1. The Bertz CT molecular complexity index is 1480. The van der Waals surface area contributed by atoms with Crippen LogP contribution in [0.5, 0.6) is 0 Å². The van der Waals surface area contributed by atoms with Crippen LogP contribution in [0, 0.1) is 23.2 Å². The van der Waals surface area contributed by atoms with E-state index in [0.29, 0.717) is 43.5 Å². The van der Waals surface area contributed by atoms with Gasteiger partial charge in [0, 0.05) is 25.2 Å². The van der Waals surface area contributed by atoms with E-state index in [2.05, 4.69) is 42.0 Å². The molecule has 1 saturated carbocycles. The molecule has 1 saturated heterocycles. The van der Waals surface area contributed by atoms with Crippen molar-refractivity contribution in [3.05, 3.63) is 16.3 Å². The van der Waals surface area contributed by atoms with Gasteiger partial charge in [-0.15, -0.1) is 11.3 Å². The van der Waals surface area contributed by atoms with E-state index < -0.39 is 62.9 Å². The number of hydrogen-bond donors (Lipinski definition) is 5. The fourth-order valence-electron chi connectivity index (χ4n) is 7.89. The number of rotatable bonds is 17. The summed E-state index contributed by atoms with van der Waals surface area (Å²) < 4.78 is 22.8. The Labute approximate surface area is 322 Å². The van der Waals surface area contributed by atoms with Gasteiger partial charge in [-0.1, -0.05) is 91.2 Å². The maximum atomic E-state index is 14.6. The minimum Gasteiger partial charge on any atom is -0.353 e. The molecule has 5 amide bonds. The largest absolute Gasteiger partial charge is 0.353 e. The molecule has 14 heteroatoms. The lowest BCUT2D eigenvalue weighted by atomic mass is 9.74. The molecule has 5 N–H and O–H groups in total. The zero-order valence-electron chi connectivity index (χ0n) is 33.5. The second-order valence-electron chi connectivity index (χ2n) is 16.8. The second kappa shape index (κ2) is 19.2. The standard InChI is InChI=1S/C39H65N5O7S2/c1-10-12-16-28(32(45)35(47)40-8)41-34(46)29-22-27(25(3)4)24-44(29)36(48)33(38(5,6)7)42-37(49)43-39(18-14-13-15-19-39)23-26(11-2)21-30-31(17-20-52-30)53(9,50)51/h17,20,25-29,33H,10-16,18-19,21-24H2,1-9H3,(H4-,40,41,42,43,46,47,49,50,51)/p+1/t26?,27-,28?,29+,33-/m1/s1. The number of nitrogens with one attached hydrogen (secondary N) is 4. The highest BCUT2D eigenvalue weighted by molar-refractivity contribution is 7.97. The van der Waals surface area contributed by atoms with Gasteiger partial charge in [-0.25, -0.2) is 4.79 Å². The lowest BCUT2D eigenvalue weighted by Crippen LogP contribution is -2.62. The van der Waals surface area contributed by atoms with E-state index in [0.717, 1.165) is 49.8 Å². The van der Waals surface area contributed by atoms with Crippen molar-refractivity contribution >= 4 is 51.1 Å². The van der Waals surface area contributed by atoms with Crippen LogP contribution in [0.2, 0.25) is 0 Å². The van der Waals surface area contributed by atoms with Crippen molar-refractivity contribution in [1.29, 1.82) is 0 Å². The Morgan fingerprint density at radius 2 is 1.74 bits per heavy atom. The third kappa shape index (κ3) is 12.1. The molecular weight excluding hydrogens is 715 g/mol. The molecule has 3 unspecified atom stereocenters. The van der Waals surface area contributed by atoms with Crippen molar-refractivity contribution in [3.8, 4) is 0 Å². The summed E-state index contributed by atoms with van der Waals surface area (Å²) in [5.74, 6) is -1.95. The van der Waals surface area contributed by atoms with Crippen LogP contribution in [-0.2, 0) is 40.0 Å². The molecule has 0 radical (unpaired) electrons. The third-order valence-corrected chi connectivity index (χ3v) is 13.5. The molecule has 1 aromatic rings. The van der Waals surface area contributed by atoms with Crippen molar-refractivity contribution in [1.82, 2.24) is 26.2 Å². The number of hydrogen-bond acceptors (Lipinski definition) is 7. The van der Waals surface area contributed by atoms with Gasteiger partial charge in [0.25, 0.3) is 5.91 Å².